The third-order valence-electron chi connectivity index (χ3n) is 2.54. The van der Waals surface area contributed by atoms with E-state index < -0.39 is 0 Å². The highest BCUT2D eigenvalue weighted by molar-refractivity contribution is 5.73. The molecule has 1 fully saturated rings. The van der Waals surface area contributed by atoms with Crippen molar-refractivity contribution < 1.29 is 9.69 Å². The number of likely N-dealkylation sites (N-methyl/N-ethyl adjacent to an activating group) is 1. The molecular formula is C9H18N2O. The molecule has 70 valence electrons. The summed E-state index contributed by atoms with van der Waals surface area (Å²) in [5.74, 6) is 0.192. The minimum Gasteiger partial charge on any atom is -0.466 e. The fraction of sp³-hybridized carbons (Fsp3) is 0.778. The Hall–Kier alpha value is -0.570. The summed E-state index contributed by atoms with van der Waals surface area (Å²) in [6, 6.07) is 0.431. The molecule has 1 unspecified atom stereocenters. The maximum Gasteiger partial charge on any atom is 0.219 e. The van der Waals surface area contributed by atoms with Crippen LogP contribution < -0.4 is 4.90 Å². The number of quaternary nitrogens is 1. The first-order valence-corrected chi connectivity index (χ1v) is 4.59. The Morgan fingerprint density at radius 2 is 2.42 bits per heavy atom. The van der Waals surface area contributed by atoms with Crippen molar-refractivity contribution in [2.45, 2.75) is 26.3 Å². The van der Waals surface area contributed by atoms with Crippen molar-refractivity contribution in [2.75, 3.05) is 19.6 Å². The predicted octanol–water partition coefficient (Wildman–Crippen LogP) is -0.696. The lowest BCUT2D eigenvalue weighted by molar-refractivity contribution is -0.840. The van der Waals surface area contributed by atoms with E-state index in [0.717, 1.165) is 26.1 Å². The molecular weight excluding hydrogens is 152 g/mol. The van der Waals surface area contributed by atoms with Crippen LogP contribution in [0.5, 0.6) is 0 Å². The molecule has 1 aliphatic rings. The summed E-state index contributed by atoms with van der Waals surface area (Å²) in [7, 11) is 3.94. The quantitative estimate of drug-likeness (QED) is 0.545. The van der Waals surface area contributed by atoms with Gasteiger partial charge in [0.15, 0.2) is 0 Å². The third kappa shape index (κ3) is 1.97. The highest BCUT2D eigenvalue weighted by Crippen LogP contribution is 2.05. The Morgan fingerprint density at radius 1 is 1.75 bits per heavy atom. The zero-order valence-corrected chi connectivity index (χ0v) is 7.97. The third-order valence-corrected chi connectivity index (χ3v) is 2.54. The Labute approximate surface area is 74.3 Å². The second-order valence-electron chi connectivity index (χ2n) is 3.45. The van der Waals surface area contributed by atoms with Crippen LogP contribution in [0.15, 0.2) is 0 Å². The molecule has 1 aliphatic heterocycles. The second-order valence-corrected chi connectivity index (χ2v) is 3.45. The summed E-state index contributed by atoms with van der Waals surface area (Å²) in [5.41, 5.74) is 0. The topological polar surface area (TPSA) is 24.8 Å². The van der Waals surface area contributed by atoms with Gasteiger partial charge in [0.2, 0.25) is 5.91 Å². The molecule has 1 N–H and O–H groups in total. The Kier molecular flexibility index (Phi) is 3.09. The Morgan fingerprint density at radius 3 is 2.75 bits per heavy atom. The number of amides is 1. The van der Waals surface area contributed by atoms with Gasteiger partial charge in [-0.2, -0.15) is 7.05 Å². The lowest BCUT2D eigenvalue weighted by Crippen LogP contribution is -3.05. The molecule has 0 aliphatic carbocycles. The van der Waals surface area contributed by atoms with Gasteiger partial charge in [-0.05, 0) is 6.92 Å². The fourth-order valence-electron chi connectivity index (χ4n) is 1.91. The SMILES string of the molecule is [CH2-][NH+]1CC[C@H](N(CC)C(C)=O)C1. The summed E-state index contributed by atoms with van der Waals surface area (Å²) in [6.45, 7) is 6.60. The summed E-state index contributed by atoms with van der Waals surface area (Å²) < 4.78 is 0. The van der Waals surface area contributed by atoms with Crippen molar-refractivity contribution in [3.63, 3.8) is 0 Å². The largest absolute Gasteiger partial charge is 0.466 e. The molecule has 0 saturated carbocycles. The van der Waals surface area contributed by atoms with Crippen molar-refractivity contribution in [1.82, 2.24) is 4.90 Å². The molecule has 0 radical (unpaired) electrons. The smallest absolute Gasteiger partial charge is 0.219 e. The number of hydrogen-bond donors (Lipinski definition) is 1. The van der Waals surface area contributed by atoms with E-state index in [1.165, 1.54) is 4.90 Å². The molecule has 0 aromatic carbocycles. The number of nitrogens with zero attached hydrogens (tertiary/aromatic N) is 1. The van der Waals surface area contributed by atoms with Crippen LogP contribution in [0, 0.1) is 7.05 Å². The molecule has 1 amide bonds. The van der Waals surface area contributed by atoms with E-state index in [1.807, 2.05) is 11.8 Å². The minimum atomic E-state index is 0.192. The van der Waals surface area contributed by atoms with Gasteiger partial charge in [-0.15, -0.1) is 0 Å². The van der Waals surface area contributed by atoms with Crippen LogP contribution in [0.1, 0.15) is 20.3 Å². The molecule has 1 rings (SSSR count). The minimum absolute atomic E-state index is 0.192. The number of nitrogens with one attached hydrogen (secondary N) is 1. The van der Waals surface area contributed by atoms with E-state index in [0.29, 0.717) is 6.04 Å². The molecule has 12 heavy (non-hydrogen) atoms. The zero-order valence-electron chi connectivity index (χ0n) is 7.97. The van der Waals surface area contributed by atoms with E-state index >= 15 is 0 Å². The average molecular weight is 170 g/mol. The number of rotatable bonds is 2. The molecule has 3 nitrogen and oxygen atoms in total. The predicted molar refractivity (Wildman–Crippen MR) is 47.5 cm³/mol. The van der Waals surface area contributed by atoms with E-state index in [4.69, 9.17) is 0 Å². The van der Waals surface area contributed by atoms with E-state index in [9.17, 15) is 4.79 Å². The van der Waals surface area contributed by atoms with Gasteiger partial charge >= 0.3 is 0 Å². The van der Waals surface area contributed by atoms with Crippen LogP contribution in [0.3, 0.4) is 0 Å². The van der Waals surface area contributed by atoms with E-state index in [2.05, 4.69) is 7.05 Å². The van der Waals surface area contributed by atoms with Crippen LogP contribution in [0.2, 0.25) is 0 Å². The van der Waals surface area contributed by atoms with E-state index in [-0.39, 0.29) is 5.91 Å². The maximum atomic E-state index is 11.2. The first kappa shape index (κ1) is 9.52. The number of carbonyl (C=O) groups is 1. The van der Waals surface area contributed by atoms with Crippen molar-refractivity contribution in [2.24, 2.45) is 0 Å². The van der Waals surface area contributed by atoms with Gasteiger partial charge in [0.1, 0.15) is 0 Å². The van der Waals surface area contributed by atoms with Gasteiger partial charge in [0, 0.05) is 19.9 Å². The zero-order chi connectivity index (χ0) is 9.14. The van der Waals surface area contributed by atoms with Gasteiger partial charge < -0.3 is 9.80 Å². The average Bonchev–Trinajstić information content (AvgIpc) is 2.37. The van der Waals surface area contributed by atoms with Crippen LogP contribution in [0.25, 0.3) is 0 Å². The number of hydrogen-bond acceptors (Lipinski definition) is 1. The van der Waals surface area contributed by atoms with Gasteiger partial charge in [-0.1, -0.05) is 0 Å². The fourth-order valence-corrected chi connectivity index (χ4v) is 1.91. The molecule has 1 saturated heterocycles. The molecule has 0 aromatic rings. The van der Waals surface area contributed by atoms with Crippen LogP contribution in [0.4, 0.5) is 0 Å². The molecule has 3 heteroatoms. The summed E-state index contributed by atoms with van der Waals surface area (Å²) in [5, 5.41) is 0. The van der Waals surface area contributed by atoms with E-state index in [1.54, 1.807) is 6.92 Å². The van der Waals surface area contributed by atoms with Gasteiger partial charge in [-0.25, -0.2) is 0 Å². The molecule has 0 spiro atoms. The van der Waals surface area contributed by atoms with Crippen molar-refractivity contribution in [3.8, 4) is 0 Å². The summed E-state index contributed by atoms with van der Waals surface area (Å²) in [6.07, 6.45) is 1.10. The highest BCUT2D eigenvalue weighted by atomic mass is 16.2. The van der Waals surface area contributed by atoms with Crippen LogP contribution in [-0.4, -0.2) is 36.5 Å². The first-order valence-electron chi connectivity index (χ1n) is 4.59. The molecule has 0 bridgehead atoms. The van der Waals surface area contributed by atoms with Crippen molar-refractivity contribution in [1.29, 1.82) is 0 Å². The van der Waals surface area contributed by atoms with Gasteiger partial charge in [0.25, 0.3) is 0 Å². The molecule has 2 atom stereocenters. The van der Waals surface area contributed by atoms with Crippen molar-refractivity contribution >= 4 is 5.91 Å². The highest BCUT2D eigenvalue weighted by Gasteiger charge is 2.26. The van der Waals surface area contributed by atoms with Crippen LogP contribution >= 0.6 is 0 Å². The van der Waals surface area contributed by atoms with Gasteiger partial charge in [0.05, 0.1) is 19.1 Å². The summed E-state index contributed by atoms with van der Waals surface area (Å²) in [4.78, 5) is 14.4. The molecule has 0 aromatic heterocycles. The monoisotopic (exact) mass is 170 g/mol. The number of likely N-dealkylation sites (tertiary alicyclic amines) is 1. The van der Waals surface area contributed by atoms with Crippen LogP contribution in [-0.2, 0) is 4.79 Å². The van der Waals surface area contributed by atoms with Crippen molar-refractivity contribution in [3.05, 3.63) is 7.05 Å². The Balaban J connectivity index is 2.49. The Bertz CT molecular complexity index is 170. The normalized spacial score (nSPS) is 28.9. The summed E-state index contributed by atoms with van der Waals surface area (Å²) >= 11 is 0. The van der Waals surface area contributed by atoms with Gasteiger partial charge in [-0.3, -0.25) is 4.79 Å². The first-order chi connectivity index (χ1) is 5.65. The lowest BCUT2D eigenvalue weighted by atomic mass is 10.2. The lowest BCUT2D eigenvalue weighted by Gasteiger charge is -2.25. The number of carbonyl (C=O) groups excluding carboxylic acids is 1. The maximum absolute atomic E-state index is 11.2. The molecule has 1 heterocycles. The standard InChI is InChI=1S/C9H18N2O/c1-4-11(8(2)12)9-5-6-10(3)7-9/h9-10H,3-7H2,1-2H3/t9-/m0/s1. The second kappa shape index (κ2) is 3.90.